The molecular weight excluding hydrogens is 366 g/mol. The highest BCUT2D eigenvalue weighted by molar-refractivity contribution is 7.91. The summed E-state index contributed by atoms with van der Waals surface area (Å²) in [7, 11) is -2.20. The summed E-state index contributed by atoms with van der Waals surface area (Å²) in [6.07, 6.45) is 1.07. The van der Waals surface area contributed by atoms with E-state index in [1.54, 1.807) is 48.2 Å². The van der Waals surface area contributed by atoms with Gasteiger partial charge in [0.2, 0.25) is 0 Å². The predicted molar refractivity (Wildman–Crippen MR) is 102 cm³/mol. The summed E-state index contributed by atoms with van der Waals surface area (Å²) in [6.45, 7) is 2.22. The van der Waals surface area contributed by atoms with Gasteiger partial charge >= 0.3 is 5.97 Å². The van der Waals surface area contributed by atoms with E-state index >= 15 is 0 Å². The Morgan fingerprint density at radius 1 is 1.15 bits per heavy atom. The molecule has 2 aromatic rings. The molecule has 0 saturated heterocycles. The van der Waals surface area contributed by atoms with Crippen molar-refractivity contribution in [3.05, 3.63) is 59.2 Å². The number of nitrogens with zero attached hydrogens (tertiary/aromatic N) is 1. The molecule has 1 amide bonds. The maximum Gasteiger partial charge on any atom is 0.337 e. The molecule has 6 nitrogen and oxygen atoms in total. The molecule has 142 valence electrons. The number of methoxy groups -OCH3 is 1. The monoisotopic (exact) mass is 387 g/mol. The number of carbonyl (C=O) groups excluding carboxylic acids is 2. The van der Waals surface area contributed by atoms with Gasteiger partial charge in [0, 0.05) is 12.2 Å². The van der Waals surface area contributed by atoms with Crippen molar-refractivity contribution in [3.8, 4) is 0 Å². The normalized spacial score (nSPS) is 13.3. The maximum absolute atomic E-state index is 13.1. The third kappa shape index (κ3) is 3.60. The van der Waals surface area contributed by atoms with Gasteiger partial charge in [-0.05, 0) is 48.7 Å². The minimum absolute atomic E-state index is 0.00360. The van der Waals surface area contributed by atoms with Crippen LogP contribution in [0.5, 0.6) is 0 Å². The van der Waals surface area contributed by atoms with Gasteiger partial charge in [-0.15, -0.1) is 0 Å². The van der Waals surface area contributed by atoms with Crippen LogP contribution in [0.1, 0.15) is 39.6 Å². The Kier molecular flexibility index (Phi) is 5.32. The maximum atomic E-state index is 13.1. The fourth-order valence-electron chi connectivity index (χ4n) is 3.30. The summed E-state index contributed by atoms with van der Waals surface area (Å²) in [5.74, 6) is -0.787. The van der Waals surface area contributed by atoms with Crippen LogP contribution in [0, 0.1) is 0 Å². The quantitative estimate of drug-likeness (QED) is 0.737. The first-order chi connectivity index (χ1) is 12.9. The van der Waals surface area contributed by atoms with Gasteiger partial charge < -0.3 is 9.64 Å². The highest BCUT2D eigenvalue weighted by Crippen LogP contribution is 2.31. The molecule has 0 radical (unpaired) electrons. The van der Waals surface area contributed by atoms with Crippen LogP contribution in [0.4, 0.5) is 5.69 Å². The molecule has 27 heavy (non-hydrogen) atoms. The van der Waals surface area contributed by atoms with Crippen LogP contribution in [-0.2, 0) is 21.0 Å². The van der Waals surface area contributed by atoms with Gasteiger partial charge in [0.05, 0.1) is 28.9 Å². The van der Waals surface area contributed by atoms with Gasteiger partial charge in [0.25, 0.3) is 5.91 Å². The van der Waals surface area contributed by atoms with Crippen molar-refractivity contribution in [2.45, 2.75) is 24.7 Å². The van der Waals surface area contributed by atoms with Crippen molar-refractivity contribution in [1.29, 1.82) is 0 Å². The molecule has 3 rings (SSSR count). The van der Waals surface area contributed by atoms with Crippen molar-refractivity contribution >= 4 is 27.4 Å². The summed E-state index contributed by atoms with van der Waals surface area (Å²) in [4.78, 5) is 26.5. The first-order valence-corrected chi connectivity index (χ1v) is 10.4. The van der Waals surface area contributed by atoms with Crippen molar-refractivity contribution < 1.29 is 22.7 Å². The second-order valence-electron chi connectivity index (χ2n) is 6.36. The molecule has 0 unspecified atom stereocenters. The summed E-state index contributed by atoms with van der Waals surface area (Å²) < 4.78 is 29.8. The van der Waals surface area contributed by atoms with Crippen LogP contribution >= 0.6 is 0 Å². The first-order valence-electron chi connectivity index (χ1n) is 8.74. The molecule has 0 saturated carbocycles. The zero-order valence-electron chi connectivity index (χ0n) is 15.3. The lowest BCUT2D eigenvalue weighted by Gasteiger charge is -2.19. The van der Waals surface area contributed by atoms with Crippen LogP contribution in [-0.4, -0.2) is 39.7 Å². The number of rotatable bonds is 5. The summed E-state index contributed by atoms with van der Waals surface area (Å²) in [5.41, 5.74) is 2.16. The minimum Gasteiger partial charge on any atom is -0.465 e. The second kappa shape index (κ2) is 7.52. The van der Waals surface area contributed by atoms with Gasteiger partial charge in [0.1, 0.15) is 0 Å². The van der Waals surface area contributed by atoms with Gasteiger partial charge in [-0.3, -0.25) is 4.79 Å². The number of sulfone groups is 1. The van der Waals surface area contributed by atoms with E-state index in [-0.39, 0.29) is 22.1 Å². The Labute approximate surface area is 158 Å². The van der Waals surface area contributed by atoms with E-state index < -0.39 is 15.8 Å². The van der Waals surface area contributed by atoms with Crippen LogP contribution in [0.2, 0.25) is 0 Å². The van der Waals surface area contributed by atoms with Crippen LogP contribution in [0.3, 0.4) is 0 Å². The van der Waals surface area contributed by atoms with E-state index in [4.69, 9.17) is 4.74 Å². The fourth-order valence-corrected chi connectivity index (χ4v) is 4.83. The van der Waals surface area contributed by atoms with Gasteiger partial charge in [-0.2, -0.15) is 0 Å². The van der Waals surface area contributed by atoms with Crippen molar-refractivity contribution in [1.82, 2.24) is 0 Å². The molecule has 0 bridgehead atoms. The number of benzene rings is 2. The molecule has 2 aromatic carbocycles. The van der Waals surface area contributed by atoms with E-state index in [1.807, 2.05) is 0 Å². The van der Waals surface area contributed by atoms with Gasteiger partial charge in [-0.1, -0.05) is 19.1 Å². The van der Waals surface area contributed by atoms with Crippen LogP contribution in [0.15, 0.2) is 47.4 Å². The molecule has 0 fully saturated rings. The molecule has 0 aromatic heterocycles. The highest BCUT2D eigenvalue weighted by atomic mass is 32.2. The topological polar surface area (TPSA) is 80.8 Å². The highest BCUT2D eigenvalue weighted by Gasteiger charge is 2.30. The van der Waals surface area contributed by atoms with Crippen LogP contribution < -0.4 is 4.90 Å². The SMILES string of the molecule is CCCS(=O)(=O)c1ccccc1C(=O)N1CCc2cc(C(=O)OC)ccc21. The lowest BCUT2D eigenvalue weighted by Crippen LogP contribution is -2.30. The number of amides is 1. The lowest BCUT2D eigenvalue weighted by molar-refractivity contribution is 0.0600. The van der Waals surface area contributed by atoms with E-state index in [0.717, 1.165) is 5.56 Å². The third-order valence-corrected chi connectivity index (χ3v) is 6.54. The Balaban J connectivity index is 1.98. The number of ether oxygens (including phenoxy) is 1. The molecule has 1 aliphatic heterocycles. The summed E-state index contributed by atoms with van der Waals surface area (Å²) in [5, 5.41) is 0. The average molecular weight is 387 g/mol. The third-order valence-electron chi connectivity index (χ3n) is 4.57. The fraction of sp³-hybridized carbons (Fsp3) is 0.300. The Bertz CT molecular complexity index is 997. The van der Waals surface area contributed by atoms with Gasteiger partial charge in [-0.25, -0.2) is 13.2 Å². The largest absolute Gasteiger partial charge is 0.465 e. The summed E-state index contributed by atoms with van der Waals surface area (Å²) in [6, 6.07) is 11.3. The first kappa shape index (κ1) is 19.1. The van der Waals surface area contributed by atoms with E-state index in [1.165, 1.54) is 13.2 Å². The van der Waals surface area contributed by atoms with Crippen LogP contribution in [0.25, 0.3) is 0 Å². The average Bonchev–Trinajstić information content (AvgIpc) is 3.10. The Morgan fingerprint density at radius 2 is 1.89 bits per heavy atom. The van der Waals surface area contributed by atoms with E-state index in [9.17, 15) is 18.0 Å². The molecule has 0 spiro atoms. The number of fused-ring (bicyclic) bond motifs is 1. The number of hydrogen-bond donors (Lipinski definition) is 0. The summed E-state index contributed by atoms with van der Waals surface area (Å²) >= 11 is 0. The van der Waals surface area contributed by atoms with Crippen molar-refractivity contribution in [2.75, 3.05) is 24.3 Å². The number of hydrogen-bond acceptors (Lipinski definition) is 5. The molecular formula is C20H21NO5S. The van der Waals surface area contributed by atoms with Gasteiger partial charge in [0.15, 0.2) is 9.84 Å². The Morgan fingerprint density at radius 3 is 2.59 bits per heavy atom. The van der Waals surface area contributed by atoms with E-state index in [0.29, 0.717) is 30.6 Å². The molecule has 1 aliphatic rings. The smallest absolute Gasteiger partial charge is 0.337 e. The molecule has 0 atom stereocenters. The standard InChI is InChI=1S/C20H21NO5S/c1-3-12-27(24,25)18-7-5-4-6-16(18)19(22)21-11-10-14-13-15(20(23)26-2)8-9-17(14)21/h4-9,13H,3,10-12H2,1-2H3. The Hall–Kier alpha value is -2.67. The molecule has 1 heterocycles. The number of esters is 1. The predicted octanol–water partition coefficient (Wildman–Crippen LogP) is 2.86. The molecule has 7 heteroatoms. The number of anilines is 1. The molecule has 0 aliphatic carbocycles. The second-order valence-corrected chi connectivity index (χ2v) is 8.43. The zero-order valence-corrected chi connectivity index (χ0v) is 16.1. The molecule has 0 N–H and O–H groups in total. The lowest BCUT2D eigenvalue weighted by atomic mass is 10.1. The number of carbonyl (C=O) groups is 2. The minimum atomic E-state index is -3.52. The van der Waals surface area contributed by atoms with Crippen molar-refractivity contribution in [2.24, 2.45) is 0 Å². The van der Waals surface area contributed by atoms with E-state index in [2.05, 4.69) is 0 Å². The van der Waals surface area contributed by atoms with Crippen molar-refractivity contribution in [3.63, 3.8) is 0 Å². The zero-order chi connectivity index (χ0) is 19.6.